The highest BCUT2D eigenvalue weighted by Crippen LogP contribution is 2.51. The number of aromatic hydroxyl groups is 1. The Balaban J connectivity index is 0.790. The number of hydrogen-bond donors (Lipinski definition) is 2. The Morgan fingerprint density at radius 2 is 1.50 bits per heavy atom. The van der Waals surface area contributed by atoms with E-state index in [1.54, 1.807) is 12.1 Å². The van der Waals surface area contributed by atoms with Crippen LogP contribution in [0.2, 0.25) is 0 Å². The van der Waals surface area contributed by atoms with Gasteiger partial charge in [-0.2, -0.15) is 0 Å². The number of anilines is 2. The van der Waals surface area contributed by atoms with Crippen LogP contribution in [0.4, 0.5) is 11.5 Å². The molecule has 1 atom stereocenters. The summed E-state index contributed by atoms with van der Waals surface area (Å²) in [6.07, 6.45) is 8.30. The molecule has 1 amide bonds. The SMILES string of the molecule is CCC(=C(c1ccc(O)cc1)c1ccc(N2CCC3(CC2)CC(N2CCN(c4ccc5c(n4)CN(C4CCCNC4)C5=O)CC2)C3)cc1)c1ccccc1. The van der Waals surface area contributed by atoms with Gasteiger partial charge in [0, 0.05) is 63.6 Å². The van der Waals surface area contributed by atoms with Crippen molar-refractivity contribution >= 4 is 28.6 Å². The third kappa shape index (κ3) is 6.79. The summed E-state index contributed by atoms with van der Waals surface area (Å²) in [7, 11) is 0. The van der Waals surface area contributed by atoms with Crippen LogP contribution in [0.3, 0.4) is 0 Å². The number of piperidine rings is 2. The first-order valence-corrected chi connectivity index (χ1v) is 20.4. The van der Waals surface area contributed by atoms with Crippen molar-refractivity contribution in [2.24, 2.45) is 5.41 Å². The van der Waals surface area contributed by atoms with Gasteiger partial charge in [-0.05, 0) is 121 Å². The second-order valence-electron chi connectivity index (χ2n) is 16.3. The number of hydrogen-bond acceptors (Lipinski definition) is 7. The number of allylic oxidation sites excluding steroid dienone is 1. The molecule has 4 aromatic rings. The van der Waals surface area contributed by atoms with Crippen molar-refractivity contribution in [3.05, 3.63) is 119 Å². The van der Waals surface area contributed by atoms with Gasteiger partial charge in [0.05, 0.1) is 17.8 Å². The molecule has 5 aliphatic rings. The zero-order valence-electron chi connectivity index (χ0n) is 31.7. The van der Waals surface area contributed by atoms with Crippen molar-refractivity contribution in [2.75, 3.05) is 62.2 Å². The summed E-state index contributed by atoms with van der Waals surface area (Å²) in [5, 5.41) is 13.5. The van der Waals surface area contributed by atoms with Crippen LogP contribution in [-0.4, -0.2) is 90.2 Å². The van der Waals surface area contributed by atoms with Gasteiger partial charge in [0.15, 0.2) is 0 Å². The maximum Gasteiger partial charge on any atom is 0.256 e. The highest BCUT2D eigenvalue weighted by molar-refractivity contribution is 5.99. The Labute approximate surface area is 320 Å². The number of phenolic OH excluding ortho intramolecular Hbond substituents is 1. The van der Waals surface area contributed by atoms with E-state index in [2.05, 4.69) is 87.6 Å². The average molecular weight is 723 g/mol. The summed E-state index contributed by atoms with van der Waals surface area (Å²) in [6, 6.07) is 32.6. The van der Waals surface area contributed by atoms with Gasteiger partial charge >= 0.3 is 0 Å². The maximum absolute atomic E-state index is 13.1. The highest BCUT2D eigenvalue weighted by Gasteiger charge is 2.48. The number of carbonyl (C=O) groups is 1. The van der Waals surface area contributed by atoms with Gasteiger partial charge < -0.3 is 25.1 Å². The van der Waals surface area contributed by atoms with Gasteiger partial charge in [-0.25, -0.2) is 4.98 Å². The molecule has 0 radical (unpaired) electrons. The molecule has 1 saturated carbocycles. The number of rotatable bonds is 8. The fourth-order valence-electron chi connectivity index (χ4n) is 10.1. The third-order valence-corrected chi connectivity index (χ3v) is 13.3. The maximum atomic E-state index is 13.1. The Morgan fingerprint density at radius 1 is 0.796 bits per heavy atom. The van der Waals surface area contributed by atoms with E-state index in [0.29, 0.717) is 18.0 Å². The molecule has 3 saturated heterocycles. The van der Waals surface area contributed by atoms with E-state index in [-0.39, 0.29) is 17.7 Å². The first kappa shape index (κ1) is 35.1. The van der Waals surface area contributed by atoms with Gasteiger partial charge in [0.1, 0.15) is 11.6 Å². The molecule has 4 fully saturated rings. The van der Waals surface area contributed by atoms with Crippen LogP contribution in [0.5, 0.6) is 5.75 Å². The fourth-order valence-corrected chi connectivity index (χ4v) is 10.1. The van der Waals surface area contributed by atoms with Crippen LogP contribution in [0, 0.1) is 5.41 Å². The van der Waals surface area contributed by atoms with Crippen molar-refractivity contribution in [2.45, 2.75) is 70.5 Å². The van der Waals surface area contributed by atoms with E-state index < -0.39 is 0 Å². The number of piperazine rings is 1. The molecule has 280 valence electrons. The molecule has 8 heteroatoms. The molecule has 9 rings (SSSR count). The number of nitrogens with zero attached hydrogens (tertiary/aromatic N) is 5. The van der Waals surface area contributed by atoms with Crippen LogP contribution >= 0.6 is 0 Å². The molecule has 5 heterocycles. The summed E-state index contributed by atoms with van der Waals surface area (Å²) in [4.78, 5) is 28.0. The lowest BCUT2D eigenvalue weighted by Crippen LogP contribution is -2.59. The smallest absolute Gasteiger partial charge is 0.256 e. The molecule has 1 unspecified atom stereocenters. The Hall–Kier alpha value is -4.66. The molecule has 2 N–H and O–H groups in total. The molecule has 1 aliphatic carbocycles. The number of fused-ring (bicyclic) bond motifs is 1. The predicted octanol–water partition coefficient (Wildman–Crippen LogP) is 7.44. The molecule has 8 nitrogen and oxygen atoms in total. The summed E-state index contributed by atoms with van der Waals surface area (Å²) < 4.78 is 0. The molecular weight excluding hydrogens is 669 g/mol. The van der Waals surface area contributed by atoms with Crippen molar-refractivity contribution in [3.8, 4) is 5.75 Å². The highest BCUT2D eigenvalue weighted by atomic mass is 16.3. The molecule has 54 heavy (non-hydrogen) atoms. The van der Waals surface area contributed by atoms with Gasteiger partial charge in [-0.15, -0.1) is 0 Å². The molecule has 0 bridgehead atoms. The summed E-state index contributed by atoms with van der Waals surface area (Å²) in [6.45, 7) is 11.2. The molecular formula is C46H54N6O2. The minimum atomic E-state index is 0.156. The van der Waals surface area contributed by atoms with E-state index >= 15 is 0 Å². The summed E-state index contributed by atoms with van der Waals surface area (Å²) in [5.74, 6) is 1.48. The standard InChI is InChI=1S/C46H54N6O2/c1-2-40(33-7-4-3-5-8-33)44(35-12-16-39(53)17-13-35)34-10-14-36(15-11-34)49-23-20-46(21-24-49)29-38(30-46)50-25-27-51(28-26-50)43-19-18-41-42(48-43)32-52(45(41)54)37-9-6-22-47-31-37/h3-5,7-8,10-19,37-38,47,53H,2,6,9,20-32H2,1H3. The zero-order chi connectivity index (χ0) is 36.6. The van der Waals surface area contributed by atoms with E-state index in [1.807, 2.05) is 23.1 Å². The minimum absolute atomic E-state index is 0.156. The van der Waals surface area contributed by atoms with Crippen molar-refractivity contribution in [3.63, 3.8) is 0 Å². The second-order valence-corrected chi connectivity index (χ2v) is 16.3. The van der Waals surface area contributed by atoms with Crippen LogP contribution in [-0.2, 0) is 6.54 Å². The number of carbonyl (C=O) groups excluding carboxylic acids is 1. The number of amides is 1. The van der Waals surface area contributed by atoms with E-state index in [1.165, 1.54) is 53.6 Å². The first-order valence-electron chi connectivity index (χ1n) is 20.4. The number of aromatic nitrogens is 1. The number of phenols is 1. The van der Waals surface area contributed by atoms with Gasteiger partial charge in [0.2, 0.25) is 0 Å². The topological polar surface area (TPSA) is 75.2 Å². The lowest BCUT2D eigenvalue weighted by atomic mass is 9.60. The zero-order valence-corrected chi connectivity index (χ0v) is 31.7. The Kier molecular flexibility index (Phi) is 9.66. The lowest BCUT2D eigenvalue weighted by molar-refractivity contribution is -0.0186. The van der Waals surface area contributed by atoms with Crippen molar-refractivity contribution in [1.82, 2.24) is 20.1 Å². The van der Waals surface area contributed by atoms with Crippen molar-refractivity contribution < 1.29 is 9.90 Å². The molecule has 1 aromatic heterocycles. The minimum Gasteiger partial charge on any atom is -0.508 e. The van der Waals surface area contributed by atoms with Gasteiger partial charge in [-0.1, -0.05) is 61.5 Å². The lowest BCUT2D eigenvalue weighted by Gasteiger charge is -2.56. The average Bonchev–Trinajstić information content (AvgIpc) is 3.55. The quantitative estimate of drug-likeness (QED) is 0.183. The monoisotopic (exact) mass is 722 g/mol. The third-order valence-electron chi connectivity index (χ3n) is 13.3. The normalized spacial score (nSPS) is 22.3. The number of pyridine rings is 1. The van der Waals surface area contributed by atoms with E-state index in [4.69, 9.17) is 4.98 Å². The second kappa shape index (κ2) is 14.9. The molecule has 3 aromatic carbocycles. The Bertz CT molecular complexity index is 1960. The largest absolute Gasteiger partial charge is 0.508 e. The van der Waals surface area contributed by atoms with E-state index in [0.717, 1.165) is 94.3 Å². The van der Waals surface area contributed by atoms with Gasteiger partial charge in [-0.3, -0.25) is 9.69 Å². The number of benzene rings is 3. The first-order chi connectivity index (χ1) is 26.5. The Morgan fingerprint density at radius 3 is 2.17 bits per heavy atom. The predicted molar refractivity (Wildman–Crippen MR) is 218 cm³/mol. The summed E-state index contributed by atoms with van der Waals surface area (Å²) >= 11 is 0. The number of nitrogens with one attached hydrogen (secondary N) is 1. The van der Waals surface area contributed by atoms with Crippen LogP contribution < -0.4 is 15.1 Å². The van der Waals surface area contributed by atoms with Crippen LogP contribution in [0.1, 0.15) is 84.6 Å². The van der Waals surface area contributed by atoms with Gasteiger partial charge in [0.25, 0.3) is 5.91 Å². The van der Waals surface area contributed by atoms with Crippen LogP contribution in [0.15, 0.2) is 91.0 Å². The van der Waals surface area contributed by atoms with E-state index in [9.17, 15) is 9.90 Å². The van der Waals surface area contributed by atoms with Crippen molar-refractivity contribution in [1.29, 1.82) is 0 Å². The van der Waals surface area contributed by atoms with Crippen LogP contribution in [0.25, 0.3) is 11.1 Å². The molecule has 4 aliphatic heterocycles. The molecule has 1 spiro atoms. The summed E-state index contributed by atoms with van der Waals surface area (Å²) in [5.41, 5.74) is 9.67. The fraction of sp³-hybridized carbons (Fsp3) is 0.435.